The van der Waals surface area contributed by atoms with E-state index in [0.29, 0.717) is 18.8 Å². The summed E-state index contributed by atoms with van der Waals surface area (Å²) < 4.78 is 25.6. The van der Waals surface area contributed by atoms with Crippen molar-refractivity contribution in [3.8, 4) is 0 Å². The summed E-state index contributed by atoms with van der Waals surface area (Å²) in [6, 6.07) is 0. The van der Waals surface area contributed by atoms with E-state index in [1.165, 1.54) is 6.42 Å². The molecule has 0 amide bonds. The van der Waals surface area contributed by atoms with Gasteiger partial charge in [-0.05, 0) is 51.7 Å². The maximum Gasteiger partial charge on any atom is 0.214 e. The monoisotopic (exact) mass is 245 g/mol. The molecule has 0 spiro atoms. The lowest BCUT2D eigenvalue weighted by molar-refractivity contribution is 0.182. The van der Waals surface area contributed by atoms with Crippen molar-refractivity contribution in [3.63, 3.8) is 0 Å². The minimum absolute atomic E-state index is 0.323. The summed E-state index contributed by atoms with van der Waals surface area (Å²) in [5.41, 5.74) is 0. The zero-order chi connectivity index (χ0) is 11.4. The van der Waals surface area contributed by atoms with Gasteiger partial charge in [0.15, 0.2) is 0 Å². The van der Waals surface area contributed by atoms with Gasteiger partial charge in [-0.25, -0.2) is 12.7 Å². The summed E-state index contributed by atoms with van der Waals surface area (Å²) in [6.45, 7) is 4.62. The van der Waals surface area contributed by atoms with Crippen LogP contribution in [0, 0.1) is 6.42 Å². The molecule has 0 saturated carbocycles. The van der Waals surface area contributed by atoms with Crippen molar-refractivity contribution in [2.45, 2.75) is 25.7 Å². The molecule has 2 aliphatic rings. The molecule has 0 aliphatic carbocycles. The van der Waals surface area contributed by atoms with Crippen LogP contribution in [-0.2, 0) is 10.0 Å². The fraction of sp³-hybridized carbons (Fsp3) is 0.909. The maximum absolute atomic E-state index is 12.0. The van der Waals surface area contributed by atoms with Crippen LogP contribution in [-0.4, -0.2) is 56.1 Å². The van der Waals surface area contributed by atoms with Crippen LogP contribution in [0.3, 0.4) is 0 Å². The summed E-state index contributed by atoms with van der Waals surface area (Å²) in [7, 11) is -2.98. The van der Waals surface area contributed by atoms with Gasteiger partial charge < -0.3 is 4.90 Å². The predicted molar refractivity (Wildman–Crippen MR) is 64.6 cm³/mol. The van der Waals surface area contributed by atoms with Crippen LogP contribution < -0.4 is 0 Å². The summed E-state index contributed by atoms with van der Waals surface area (Å²) in [6.07, 6.45) is 6.04. The molecular formula is C11H21N2O2S. The van der Waals surface area contributed by atoms with Crippen LogP contribution in [0.25, 0.3) is 0 Å². The average Bonchev–Trinajstić information content (AvgIpc) is 2.23. The Balaban J connectivity index is 1.72. The molecule has 0 aromatic carbocycles. The van der Waals surface area contributed by atoms with Gasteiger partial charge in [-0.2, -0.15) is 0 Å². The number of hydrogen-bond acceptors (Lipinski definition) is 3. The predicted octanol–water partition coefficient (Wildman–Crippen LogP) is 0.712. The molecule has 0 aromatic heterocycles. The van der Waals surface area contributed by atoms with E-state index in [9.17, 15) is 8.42 Å². The molecule has 0 bridgehead atoms. The van der Waals surface area contributed by atoms with Gasteiger partial charge in [0.05, 0.1) is 5.75 Å². The van der Waals surface area contributed by atoms with Gasteiger partial charge >= 0.3 is 0 Å². The normalized spacial score (nSPS) is 24.2. The zero-order valence-electron chi connectivity index (χ0n) is 9.77. The Bertz CT molecular complexity index is 306. The lowest BCUT2D eigenvalue weighted by Crippen LogP contribution is -2.40. The molecular weight excluding hydrogens is 224 g/mol. The fourth-order valence-electron chi connectivity index (χ4n) is 2.21. The second-order valence-corrected chi connectivity index (χ2v) is 6.72. The topological polar surface area (TPSA) is 40.6 Å². The van der Waals surface area contributed by atoms with Crippen molar-refractivity contribution in [1.29, 1.82) is 0 Å². The standard InChI is InChI=1S/C11H21N2O2S/c14-16(15,13-9-2-1-3-10-13)11-5-8-12-6-4-7-12/h1H,2-11H2. The highest BCUT2D eigenvalue weighted by molar-refractivity contribution is 7.89. The van der Waals surface area contributed by atoms with E-state index in [-0.39, 0.29) is 0 Å². The van der Waals surface area contributed by atoms with Gasteiger partial charge in [-0.1, -0.05) is 0 Å². The summed E-state index contributed by atoms with van der Waals surface area (Å²) in [4.78, 5) is 2.32. The van der Waals surface area contributed by atoms with Gasteiger partial charge in [0.2, 0.25) is 10.0 Å². The average molecular weight is 245 g/mol. The Morgan fingerprint density at radius 1 is 1.06 bits per heavy atom. The number of nitrogens with zero attached hydrogens (tertiary/aromatic N) is 2. The SMILES string of the molecule is O=S(=O)(CCCN1CCC1)N1CC[CH]CC1. The molecule has 0 N–H and O–H groups in total. The Kier molecular flexibility index (Phi) is 4.21. The molecule has 2 heterocycles. The molecule has 2 saturated heterocycles. The van der Waals surface area contributed by atoms with Crippen molar-refractivity contribution < 1.29 is 8.42 Å². The number of sulfonamides is 1. The van der Waals surface area contributed by atoms with Crippen LogP contribution in [0.4, 0.5) is 0 Å². The molecule has 2 fully saturated rings. The van der Waals surface area contributed by atoms with E-state index in [4.69, 9.17) is 0 Å². The minimum Gasteiger partial charge on any atom is -0.303 e. The number of likely N-dealkylation sites (tertiary alicyclic amines) is 1. The summed E-state index contributed by atoms with van der Waals surface area (Å²) in [5.74, 6) is 0.323. The van der Waals surface area contributed by atoms with E-state index in [0.717, 1.165) is 38.9 Å². The molecule has 16 heavy (non-hydrogen) atoms. The molecule has 0 aromatic rings. The van der Waals surface area contributed by atoms with Crippen LogP contribution >= 0.6 is 0 Å². The first-order valence-electron chi connectivity index (χ1n) is 6.20. The molecule has 0 atom stereocenters. The first-order valence-corrected chi connectivity index (χ1v) is 7.81. The highest BCUT2D eigenvalue weighted by atomic mass is 32.2. The van der Waals surface area contributed by atoms with Crippen LogP contribution in [0.2, 0.25) is 0 Å². The zero-order valence-corrected chi connectivity index (χ0v) is 10.6. The van der Waals surface area contributed by atoms with E-state index >= 15 is 0 Å². The third-order valence-electron chi connectivity index (χ3n) is 3.38. The molecule has 4 nitrogen and oxygen atoms in total. The van der Waals surface area contributed by atoms with E-state index in [1.54, 1.807) is 4.31 Å². The van der Waals surface area contributed by atoms with Gasteiger partial charge in [-0.3, -0.25) is 0 Å². The van der Waals surface area contributed by atoms with Gasteiger partial charge in [-0.15, -0.1) is 0 Å². The smallest absolute Gasteiger partial charge is 0.214 e. The van der Waals surface area contributed by atoms with Crippen molar-refractivity contribution in [2.24, 2.45) is 0 Å². The minimum atomic E-state index is -2.98. The van der Waals surface area contributed by atoms with E-state index in [2.05, 4.69) is 11.3 Å². The third kappa shape index (κ3) is 3.18. The van der Waals surface area contributed by atoms with Gasteiger partial charge in [0, 0.05) is 13.1 Å². The molecule has 2 rings (SSSR count). The number of piperidine rings is 1. The molecule has 93 valence electrons. The lowest BCUT2D eigenvalue weighted by atomic mass is 10.2. The first-order chi connectivity index (χ1) is 7.68. The Morgan fingerprint density at radius 3 is 2.31 bits per heavy atom. The summed E-state index contributed by atoms with van der Waals surface area (Å²) in [5, 5.41) is 0. The molecule has 2 aliphatic heterocycles. The molecule has 1 radical (unpaired) electrons. The van der Waals surface area contributed by atoms with Gasteiger partial charge in [0.25, 0.3) is 0 Å². The number of rotatable bonds is 5. The van der Waals surface area contributed by atoms with Crippen LogP contribution in [0.5, 0.6) is 0 Å². The lowest BCUT2D eigenvalue weighted by Gasteiger charge is -2.31. The van der Waals surface area contributed by atoms with Crippen LogP contribution in [0.15, 0.2) is 0 Å². The van der Waals surface area contributed by atoms with E-state index < -0.39 is 10.0 Å². The third-order valence-corrected chi connectivity index (χ3v) is 5.34. The Labute approximate surface area is 98.7 Å². The van der Waals surface area contributed by atoms with Crippen LogP contribution in [0.1, 0.15) is 25.7 Å². The molecule has 5 heteroatoms. The quantitative estimate of drug-likeness (QED) is 0.716. The Hall–Kier alpha value is -0.130. The first kappa shape index (κ1) is 12.3. The Morgan fingerprint density at radius 2 is 1.75 bits per heavy atom. The summed E-state index contributed by atoms with van der Waals surface area (Å²) >= 11 is 0. The molecule has 0 unspecified atom stereocenters. The highest BCUT2D eigenvalue weighted by Crippen LogP contribution is 2.14. The second-order valence-electron chi connectivity index (χ2n) is 4.63. The maximum atomic E-state index is 12.0. The van der Waals surface area contributed by atoms with Crippen molar-refractivity contribution in [3.05, 3.63) is 6.42 Å². The van der Waals surface area contributed by atoms with E-state index in [1.807, 2.05) is 0 Å². The number of hydrogen-bond donors (Lipinski definition) is 0. The van der Waals surface area contributed by atoms with Crippen molar-refractivity contribution >= 4 is 10.0 Å². The second kappa shape index (κ2) is 5.47. The van der Waals surface area contributed by atoms with Crippen molar-refractivity contribution in [2.75, 3.05) is 38.5 Å². The van der Waals surface area contributed by atoms with Crippen molar-refractivity contribution in [1.82, 2.24) is 9.21 Å². The fourth-order valence-corrected chi connectivity index (χ4v) is 3.73. The highest BCUT2D eigenvalue weighted by Gasteiger charge is 2.24. The largest absolute Gasteiger partial charge is 0.303 e. The van der Waals surface area contributed by atoms with Gasteiger partial charge in [0.1, 0.15) is 0 Å².